The number of amides is 3. The molecule has 31 heavy (non-hydrogen) atoms. The van der Waals surface area contributed by atoms with Crippen molar-refractivity contribution < 1.29 is 29.0 Å². The fourth-order valence-electron chi connectivity index (χ4n) is 3.24. The van der Waals surface area contributed by atoms with Gasteiger partial charge in [-0.1, -0.05) is 24.3 Å². The molecule has 2 aromatic rings. The van der Waals surface area contributed by atoms with E-state index in [0.29, 0.717) is 17.6 Å². The molecule has 0 fully saturated rings. The maximum absolute atomic E-state index is 13.2. The molecular formula is C23H26N2O6. The molecule has 3 amide bonds. The molecule has 0 aromatic heterocycles. The van der Waals surface area contributed by atoms with Gasteiger partial charge in [0, 0.05) is 26.7 Å². The molecule has 8 heteroatoms. The van der Waals surface area contributed by atoms with Crippen molar-refractivity contribution in [2.24, 2.45) is 0 Å². The van der Waals surface area contributed by atoms with Crippen molar-refractivity contribution >= 4 is 24.0 Å². The molecule has 8 nitrogen and oxygen atoms in total. The predicted octanol–water partition coefficient (Wildman–Crippen LogP) is 1.63. The zero-order chi connectivity index (χ0) is 23.0. The smallest absolute Gasteiger partial charge is 0.252 e. The number of ether oxygens (including phenoxy) is 1. The molecule has 0 unspecified atom stereocenters. The zero-order valence-corrected chi connectivity index (χ0v) is 17.7. The summed E-state index contributed by atoms with van der Waals surface area (Å²) in [6, 6.07) is 11.0. The van der Waals surface area contributed by atoms with Gasteiger partial charge in [0.15, 0.2) is 0 Å². The van der Waals surface area contributed by atoms with Gasteiger partial charge in [-0.05, 0) is 35.4 Å². The van der Waals surface area contributed by atoms with Crippen LogP contribution in [0, 0.1) is 0 Å². The number of phenols is 1. The number of nitrogens with zero attached hydrogens (tertiary/aromatic N) is 1. The maximum Gasteiger partial charge on any atom is 0.252 e. The van der Waals surface area contributed by atoms with Gasteiger partial charge in [0.1, 0.15) is 23.8 Å². The van der Waals surface area contributed by atoms with Gasteiger partial charge in [0.2, 0.25) is 11.8 Å². The van der Waals surface area contributed by atoms with Crippen LogP contribution in [0.5, 0.6) is 11.5 Å². The van der Waals surface area contributed by atoms with E-state index in [1.165, 1.54) is 33.1 Å². The Morgan fingerprint density at radius 2 is 1.55 bits per heavy atom. The molecule has 2 atom stereocenters. The standard InChI is InChI=1S/C23H26N2O6/c1-15(27)24-22(13-18-4-8-20(29)9-5-18)23(30)25(16(2)28)19(14-26)12-17-6-10-21(31-3)11-7-17/h4-11,14,19,22,29H,12-13H2,1-3H3,(H,24,27)/t19-,22+/m0/s1. The first kappa shape index (κ1) is 23.6. The van der Waals surface area contributed by atoms with Gasteiger partial charge in [-0.2, -0.15) is 0 Å². The lowest BCUT2D eigenvalue weighted by molar-refractivity contribution is -0.150. The normalized spacial score (nSPS) is 12.4. The summed E-state index contributed by atoms with van der Waals surface area (Å²) >= 11 is 0. The SMILES string of the molecule is COc1ccc(C[C@@H](C=O)N(C(C)=O)C(=O)[C@@H](Cc2ccc(O)cc2)NC(C)=O)cc1. The number of hydrogen-bond acceptors (Lipinski definition) is 6. The predicted molar refractivity (Wildman–Crippen MR) is 113 cm³/mol. The molecule has 0 saturated carbocycles. The minimum absolute atomic E-state index is 0.0667. The van der Waals surface area contributed by atoms with Crippen LogP contribution in [-0.4, -0.2) is 53.2 Å². The maximum atomic E-state index is 13.2. The van der Waals surface area contributed by atoms with E-state index in [4.69, 9.17) is 4.74 Å². The minimum atomic E-state index is -1.05. The van der Waals surface area contributed by atoms with E-state index < -0.39 is 29.8 Å². The summed E-state index contributed by atoms with van der Waals surface area (Å²) in [4.78, 5) is 50.0. The molecule has 0 aliphatic carbocycles. The first-order valence-corrected chi connectivity index (χ1v) is 9.72. The van der Waals surface area contributed by atoms with Crippen molar-refractivity contribution in [3.8, 4) is 11.5 Å². The number of phenolic OH excluding ortho intramolecular Hbond substituents is 1. The van der Waals surface area contributed by atoms with E-state index in [1.807, 2.05) is 0 Å². The molecule has 0 heterocycles. The van der Waals surface area contributed by atoms with E-state index >= 15 is 0 Å². The highest BCUT2D eigenvalue weighted by atomic mass is 16.5. The second kappa shape index (κ2) is 10.9. The van der Waals surface area contributed by atoms with E-state index in [0.717, 1.165) is 10.5 Å². The highest BCUT2D eigenvalue weighted by Gasteiger charge is 2.33. The molecule has 0 radical (unpaired) electrons. The number of carbonyl (C=O) groups is 4. The highest BCUT2D eigenvalue weighted by molar-refractivity contribution is 6.00. The van der Waals surface area contributed by atoms with E-state index in [1.54, 1.807) is 36.4 Å². The number of imide groups is 1. The number of aromatic hydroxyl groups is 1. The van der Waals surface area contributed by atoms with Crippen LogP contribution in [0.2, 0.25) is 0 Å². The summed E-state index contributed by atoms with van der Waals surface area (Å²) in [7, 11) is 1.54. The second-order valence-electron chi connectivity index (χ2n) is 7.11. The van der Waals surface area contributed by atoms with Crippen LogP contribution < -0.4 is 10.1 Å². The Kier molecular flexibility index (Phi) is 8.31. The molecule has 0 aliphatic rings. The van der Waals surface area contributed by atoms with Crippen molar-refractivity contribution in [1.82, 2.24) is 10.2 Å². The van der Waals surface area contributed by atoms with E-state index in [2.05, 4.69) is 5.32 Å². The number of benzene rings is 2. The Hall–Kier alpha value is -3.68. The van der Waals surface area contributed by atoms with Gasteiger partial charge < -0.3 is 20.0 Å². The zero-order valence-electron chi connectivity index (χ0n) is 17.7. The van der Waals surface area contributed by atoms with Gasteiger partial charge in [-0.25, -0.2) is 0 Å². The summed E-state index contributed by atoms with van der Waals surface area (Å²) in [6.07, 6.45) is 0.774. The van der Waals surface area contributed by atoms with Crippen LogP contribution in [0.3, 0.4) is 0 Å². The third kappa shape index (κ3) is 6.67. The number of methoxy groups -OCH3 is 1. The fourth-order valence-corrected chi connectivity index (χ4v) is 3.24. The minimum Gasteiger partial charge on any atom is -0.508 e. The number of rotatable bonds is 9. The Morgan fingerprint density at radius 3 is 2.03 bits per heavy atom. The summed E-state index contributed by atoms with van der Waals surface area (Å²) in [5.74, 6) is -1.01. The highest BCUT2D eigenvalue weighted by Crippen LogP contribution is 2.17. The quantitative estimate of drug-likeness (QED) is 0.590. The van der Waals surface area contributed by atoms with E-state index in [-0.39, 0.29) is 18.6 Å². The Balaban J connectivity index is 2.28. The van der Waals surface area contributed by atoms with Crippen LogP contribution in [-0.2, 0) is 32.0 Å². The van der Waals surface area contributed by atoms with Crippen molar-refractivity contribution in [2.45, 2.75) is 38.8 Å². The van der Waals surface area contributed by atoms with Crippen molar-refractivity contribution in [3.05, 3.63) is 59.7 Å². The average Bonchev–Trinajstić information content (AvgIpc) is 2.74. The van der Waals surface area contributed by atoms with Gasteiger partial charge in [-0.3, -0.25) is 19.3 Å². The van der Waals surface area contributed by atoms with Crippen molar-refractivity contribution in [3.63, 3.8) is 0 Å². The van der Waals surface area contributed by atoms with Crippen molar-refractivity contribution in [1.29, 1.82) is 0 Å². The third-order valence-corrected chi connectivity index (χ3v) is 4.72. The lowest BCUT2D eigenvalue weighted by Crippen LogP contribution is -2.55. The van der Waals surface area contributed by atoms with Gasteiger partial charge >= 0.3 is 0 Å². The molecule has 0 saturated heterocycles. The Morgan fingerprint density at radius 1 is 1.00 bits per heavy atom. The van der Waals surface area contributed by atoms with Crippen molar-refractivity contribution in [2.75, 3.05) is 7.11 Å². The molecule has 0 spiro atoms. The Bertz CT molecular complexity index is 924. The molecule has 2 rings (SSSR count). The van der Waals surface area contributed by atoms with E-state index in [9.17, 15) is 24.3 Å². The third-order valence-electron chi connectivity index (χ3n) is 4.72. The van der Waals surface area contributed by atoms with Crippen LogP contribution in [0.25, 0.3) is 0 Å². The number of nitrogens with one attached hydrogen (secondary N) is 1. The summed E-state index contributed by atoms with van der Waals surface area (Å²) in [5, 5.41) is 12.0. The monoisotopic (exact) mass is 426 g/mol. The molecule has 164 valence electrons. The average molecular weight is 426 g/mol. The van der Waals surface area contributed by atoms with Crippen LogP contribution in [0.4, 0.5) is 0 Å². The number of aldehydes is 1. The van der Waals surface area contributed by atoms with Gasteiger partial charge in [-0.15, -0.1) is 0 Å². The first-order valence-electron chi connectivity index (χ1n) is 9.72. The van der Waals surface area contributed by atoms with Crippen LogP contribution in [0.15, 0.2) is 48.5 Å². The summed E-state index contributed by atoms with van der Waals surface area (Å²) in [6.45, 7) is 2.47. The first-order chi connectivity index (χ1) is 14.7. The fraction of sp³-hybridized carbons (Fsp3) is 0.304. The number of hydrogen-bond donors (Lipinski definition) is 2. The van der Waals surface area contributed by atoms with Gasteiger partial charge in [0.25, 0.3) is 5.91 Å². The Labute approximate surface area is 180 Å². The molecular weight excluding hydrogens is 400 g/mol. The van der Waals surface area contributed by atoms with Gasteiger partial charge in [0.05, 0.1) is 13.2 Å². The molecule has 2 N–H and O–H groups in total. The van der Waals surface area contributed by atoms with Crippen LogP contribution in [0.1, 0.15) is 25.0 Å². The lowest BCUT2D eigenvalue weighted by Gasteiger charge is -2.29. The van der Waals surface area contributed by atoms with Crippen LogP contribution >= 0.6 is 0 Å². The lowest BCUT2D eigenvalue weighted by atomic mass is 10.0. The largest absolute Gasteiger partial charge is 0.508 e. The summed E-state index contributed by atoms with van der Waals surface area (Å²) < 4.78 is 5.11. The summed E-state index contributed by atoms with van der Waals surface area (Å²) in [5.41, 5.74) is 1.41. The second-order valence-corrected chi connectivity index (χ2v) is 7.11. The number of carbonyl (C=O) groups excluding carboxylic acids is 4. The molecule has 0 bridgehead atoms. The molecule has 2 aromatic carbocycles. The molecule has 0 aliphatic heterocycles. The topological polar surface area (TPSA) is 113 Å².